The van der Waals surface area contributed by atoms with Crippen molar-refractivity contribution in [2.45, 2.75) is 23.2 Å². The summed E-state index contributed by atoms with van der Waals surface area (Å²) >= 11 is 0. The standard InChI is InChI=1S/C18H20N2O3S/c1-19-24(22,23)16-9-5-6-14(12-16)17(21)20-13-18(10-11-18)15-7-3-2-4-8-15/h2-9,12,19H,10-11,13H2,1H3,(H,20,21). The van der Waals surface area contributed by atoms with Crippen molar-refractivity contribution in [1.82, 2.24) is 10.0 Å². The van der Waals surface area contributed by atoms with Crippen molar-refractivity contribution in [2.75, 3.05) is 13.6 Å². The maximum Gasteiger partial charge on any atom is 0.251 e. The van der Waals surface area contributed by atoms with Gasteiger partial charge in [-0.15, -0.1) is 0 Å². The molecular weight excluding hydrogens is 324 g/mol. The van der Waals surface area contributed by atoms with E-state index in [1.165, 1.54) is 24.7 Å². The number of hydrogen-bond donors (Lipinski definition) is 2. The van der Waals surface area contributed by atoms with Crippen LogP contribution in [0.15, 0.2) is 59.5 Å². The van der Waals surface area contributed by atoms with Crippen LogP contribution in [-0.4, -0.2) is 27.9 Å². The number of amides is 1. The molecule has 2 aromatic carbocycles. The number of hydrogen-bond acceptors (Lipinski definition) is 3. The minimum Gasteiger partial charge on any atom is -0.351 e. The Kier molecular flexibility index (Phi) is 4.43. The van der Waals surface area contributed by atoms with Gasteiger partial charge in [0.25, 0.3) is 5.91 Å². The average molecular weight is 344 g/mol. The van der Waals surface area contributed by atoms with Crippen LogP contribution in [0, 0.1) is 0 Å². The minimum atomic E-state index is -3.56. The summed E-state index contributed by atoms with van der Waals surface area (Å²) < 4.78 is 25.9. The van der Waals surface area contributed by atoms with Gasteiger partial charge in [-0.25, -0.2) is 13.1 Å². The van der Waals surface area contributed by atoms with Gasteiger partial charge in [0.15, 0.2) is 0 Å². The number of benzene rings is 2. The zero-order valence-electron chi connectivity index (χ0n) is 13.5. The first-order valence-electron chi connectivity index (χ1n) is 7.84. The molecule has 5 nitrogen and oxygen atoms in total. The molecule has 3 rings (SSSR count). The summed E-state index contributed by atoms with van der Waals surface area (Å²) in [5.74, 6) is -0.259. The first-order valence-corrected chi connectivity index (χ1v) is 9.33. The van der Waals surface area contributed by atoms with E-state index in [2.05, 4.69) is 22.2 Å². The van der Waals surface area contributed by atoms with E-state index < -0.39 is 10.0 Å². The molecule has 0 bridgehead atoms. The molecule has 0 radical (unpaired) electrons. The highest BCUT2D eigenvalue weighted by atomic mass is 32.2. The lowest BCUT2D eigenvalue weighted by Gasteiger charge is -2.16. The zero-order chi connectivity index (χ0) is 17.2. The van der Waals surface area contributed by atoms with Gasteiger partial charge in [0.2, 0.25) is 10.0 Å². The molecule has 2 aromatic rings. The van der Waals surface area contributed by atoms with E-state index >= 15 is 0 Å². The first-order chi connectivity index (χ1) is 11.5. The van der Waals surface area contributed by atoms with Crippen LogP contribution >= 0.6 is 0 Å². The molecule has 1 aliphatic carbocycles. The predicted molar refractivity (Wildman–Crippen MR) is 92.4 cm³/mol. The number of sulfonamides is 1. The Morgan fingerprint density at radius 1 is 1.08 bits per heavy atom. The summed E-state index contributed by atoms with van der Waals surface area (Å²) in [6, 6.07) is 16.2. The third-order valence-electron chi connectivity index (χ3n) is 4.50. The fourth-order valence-corrected chi connectivity index (χ4v) is 3.56. The second kappa shape index (κ2) is 6.37. The number of rotatable bonds is 6. The van der Waals surface area contributed by atoms with Crippen molar-refractivity contribution in [3.8, 4) is 0 Å². The molecule has 24 heavy (non-hydrogen) atoms. The molecule has 0 heterocycles. The van der Waals surface area contributed by atoms with Gasteiger partial charge in [-0.2, -0.15) is 0 Å². The normalized spacial score (nSPS) is 15.7. The summed E-state index contributed by atoms with van der Waals surface area (Å²) in [4.78, 5) is 12.5. The van der Waals surface area contributed by atoms with Crippen LogP contribution < -0.4 is 10.0 Å². The molecule has 0 unspecified atom stereocenters. The third kappa shape index (κ3) is 3.34. The van der Waals surface area contributed by atoms with Crippen LogP contribution in [-0.2, 0) is 15.4 Å². The van der Waals surface area contributed by atoms with Crippen molar-refractivity contribution in [1.29, 1.82) is 0 Å². The van der Waals surface area contributed by atoms with Crippen LogP contribution in [0.5, 0.6) is 0 Å². The second-order valence-corrected chi connectivity index (χ2v) is 7.95. The van der Waals surface area contributed by atoms with E-state index in [1.807, 2.05) is 18.2 Å². The molecule has 6 heteroatoms. The quantitative estimate of drug-likeness (QED) is 0.842. The Morgan fingerprint density at radius 2 is 1.79 bits per heavy atom. The molecular formula is C18H20N2O3S. The molecule has 1 saturated carbocycles. The highest BCUT2D eigenvalue weighted by Gasteiger charge is 2.44. The van der Waals surface area contributed by atoms with Crippen LogP contribution in [0.25, 0.3) is 0 Å². The van der Waals surface area contributed by atoms with E-state index in [0.717, 1.165) is 12.8 Å². The van der Waals surface area contributed by atoms with Crippen molar-refractivity contribution in [3.63, 3.8) is 0 Å². The Balaban J connectivity index is 1.71. The molecule has 1 aliphatic rings. The SMILES string of the molecule is CNS(=O)(=O)c1cccc(C(=O)NCC2(c3ccccc3)CC2)c1. The largest absolute Gasteiger partial charge is 0.351 e. The monoisotopic (exact) mass is 344 g/mol. The smallest absolute Gasteiger partial charge is 0.251 e. The fraction of sp³-hybridized carbons (Fsp3) is 0.278. The van der Waals surface area contributed by atoms with Crippen LogP contribution in [0.2, 0.25) is 0 Å². The lowest BCUT2D eigenvalue weighted by atomic mass is 9.96. The highest BCUT2D eigenvalue weighted by molar-refractivity contribution is 7.89. The predicted octanol–water partition coefficient (Wildman–Crippen LogP) is 2.06. The molecule has 0 atom stereocenters. The number of nitrogens with one attached hydrogen (secondary N) is 2. The minimum absolute atomic E-state index is 0.0194. The van der Waals surface area contributed by atoms with Crippen molar-refractivity contribution < 1.29 is 13.2 Å². The van der Waals surface area contributed by atoms with Crippen molar-refractivity contribution in [3.05, 3.63) is 65.7 Å². The molecule has 1 fully saturated rings. The van der Waals surface area contributed by atoms with Crippen LogP contribution in [0.4, 0.5) is 0 Å². The Labute approximate surface area is 142 Å². The molecule has 0 spiro atoms. The number of carbonyl (C=O) groups is 1. The Morgan fingerprint density at radius 3 is 2.42 bits per heavy atom. The molecule has 1 amide bonds. The average Bonchev–Trinajstić information content (AvgIpc) is 3.42. The van der Waals surface area contributed by atoms with E-state index in [4.69, 9.17) is 0 Å². The summed E-state index contributed by atoms with van der Waals surface area (Å²) in [5, 5.41) is 2.94. The van der Waals surface area contributed by atoms with Gasteiger partial charge < -0.3 is 5.32 Å². The fourth-order valence-electron chi connectivity index (χ4n) is 2.78. The van der Waals surface area contributed by atoms with Gasteiger partial charge in [0.1, 0.15) is 0 Å². The van der Waals surface area contributed by atoms with E-state index in [-0.39, 0.29) is 16.2 Å². The lowest BCUT2D eigenvalue weighted by Crippen LogP contribution is -2.32. The zero-order valence-corrected chi connectivity index (χ0v) is 14.3. The van der Waals surface area contributed by atoms with E-state index in [9.17, 15) is 13.2 Å². The van der Waals surface area contributed by atoms with Gasteiger partial charge in [0.05, 0.1) is 4.90 Å². The maximum atomic E-state index is 12.4. The van der Waals surface area contributed by atoms with E-state index in [0.29, 0.717) is 12.1 Å². The topological polar surface area (TPSA) is 75.3 Å². The summed E-state index contributed by atoms with van der Waals surface area (Å²) in [6.45, 7) is 0.554. The summed E-state index contributed by atoms with van der Waals surface area (Å²) in [7, 11) is -2.21. The molecule has 0 aromatic heterocycles. The second-order valence-electron chi connectivity index (χ2n) is 6.06. The first kappa shape index (κ1) is 16.7. The Bertz CT molecular complexity index is 844. The van der Waals surface area contributed by atoms with Gasteiger partial charge in [-0.3, -0.25) is 4.79 Å². The summed E-state index contributed by atoms with van der Waals surface area (Å²) in [5.41, 5.74) is 1.60. The van der Waals surface area contributed by atoms with Gasteiger partial charge in [-0.05, 0) is 43.7 Å². The van der Waals surface area contributed by atoms with Gasteiger partial charge in [-0.1, -0.05) is 36.4 Å². The maximum absolute atomic E-state index is 12.4. The van der Waals surface area contributed by atoms with Crippen LogP contribution in [0.3, 0.4) is 0 Å². The lowest BCUT2D eigenvalue weighted by molar-refractivity contribution is 0.0949. The Hall–Kier alpha value is -2.18. The van der Waals surface area contributed by atoms with Crippen molar-refractivity contribution in [2.24, 2.45) is 0 Å². The van der Waals surface area contributed by atoms with Crippen molar-refractivity contribution >= 4 is 15.9 Å². The number of carbonyl (C=O) groups excluding carboxylic acids is 1. The molecule has 0 saturated heterocycles. The third-order valence-corrected chi connectivity index (χ3v) is 5.91. The highest BCUT2D eigenvalue weighted by Crippen LogP contribution is 2.47. The van der Waals surface area contributed by atoms with Crippen LogP contribution in [0.1, 0.15) is 28.8 Å². The van der Waals surface area contributed by atoms with Gasteiger partial charge >= 0.3 is 0 Å². The molecule has 2 N–H and O–H groups in total. The molecule has 126 valence electrons. The van der Waals surface area contributed by atoms with Gasteiger partial charge in [0, 0.05) is 17.5 Å². The molecule has 0 aliphatic heterocycles. The summed E-state index contributed by atoms with van der Waals surface area (Å²) in [6.07, 6.45) is 2.09. The van der Waals surface area contributed by atoms with E-state index in [1.54, 1.807) is 12.1 Å².